The number of likely N-dealkylation sites (N-methyl/N-ethyl adjacent to an activating group) is 1. The highest BCUT2D eigenvalue weighted by molar-refractivity contribution is 5.90. The Hall–Kier alpha value is -2.33. The van der Waals surface area contributed by atoms with Gasteiger partial charge in [0.25, 0.3) is 0 Å². The fourth-order valence-corrected chi connectivity index (χ4v) is 2.37. The van der Waals surface area contributed by atoms with Crippen molar-refractivity contribution in [2.24, 2.45) is 0 Å². The fraction of sp³-hybridized carbons (Fsp3) is 0.316. The Kier molecular flexibility index (Phi) is 5.77. The highest BCUT2D eigenvalue weighted by Crippen LogP contribution is 2.17. The molecule has 0 aliphatic carbocycles. The molecule has 23 heavy (non-hydrogen) atoms. The number of benzene rings is 2. The average molecular weight is 312 g/mol. The van der Waals surface area contributed by atoms with Crippen molar-refractivity contribution in [2.45, 2.75) is 26.9 Å². The summed E-state index contributed by atoms with van der Waals surface area (Å²) >= 11 is 0. The van der Waals surface area contributed by atoms with Gasteiger partial charge in [-0.1, -0.05) is 48.0 Å². The molecular formula is C19H24N2O2. The van der Waals surface area contributed by atoms with E-state index in [1.807, 2.05) is 69.3 Å². The maximum absolute atomic E-state index is 12.4. The van der Waals surface area contributed by atoms with Gasteiger partial charge in [-0.2, -0.15) is 0 Å². The van der Waals surface area contributed by atoms with E-state index in [0.29, 0.717) is 6.54 Å². The predicted octanol–water partition coefficient (Wildman–Crippen LogP) is 3.89. The summed E-state index contributed by atoms with van der Waals surface area (Å²) in [7, 11) is 0. The summed E-state index contributed by atoms with van der Waals surface area (Å²) < 4.78 is 0. The number of aliphatic hydroxyl groups excluding tert-OH is 1. The molecule has 122 valence electrons. The molecule has 2 aromatic rings. The molecule has 2 N–H and O–H groups in total. The maximum Gasteiger partial charge on any atom is 0.321 e. The Balaban J connectivity index is 2.02. The lowest BCUT2D eigenvalue weighted by molar-refractivity contribution is 0.128. The molecule has 2 aromatic carbocycles. The third-order valence-electron chi connectivity index (χ3n) is 3.91. The molecular weight excluding hydrogens is 288 g/mol. The smallest absolute Gasteiger partial charge is 0.321 e. The lowest BCUT2D eigenvalue weighted by Gasteiger charge is -2.25. The van der Waals surface area contributed by atoms with E-state index in [1.54, 1.807) is 4.90 Å². The second-order valence-corrected chi connectivity index (χ2v) is 5.71. The number of nitrogens with one attached hydrogen (secondary N) is 1. The minimum absolute atomic E-state index is 0.201. The van der Waals surface area contributed by atoms with E-state index in [0.717, 1.165) is 22.4 Å². The molecule has 0 spiro atoms. The van der Waals surface area contributed by atoms with Gasteiger partial charge >= 0.3 is 6.03 Å². The molecule has 0 aliphatic rings. The Morgan fingerprint density at radius 1 is 1.13 bits per heavy atom. The second-order valence-electron chi connectivity index (χ2n) is 5.71. The molecule has 0 saturated carbocycles. The van der Waals surface area contributed by atoms with Crippen LogP contribution < -0.4 is 5.32 Å². The number of hydrogen-bond acceptors (Lipinski definition) is 2. The van der Waals surface area contributed by atoms with Crippen LogP contribution in [0, 0.1) is 13.8 Å². The zero-order valence-corrected chi connectivity index (χ0v) is 13.9. The number of amides is 2. The van der Waals surface area contributed by atoms with Gasteiger partial charge in [-0.15, -0.1) is 0 Å². The number of aryl methyl sites for hydroxylation is 2. The first kappa shape index (κ1) is 17.0. The van der Waals surface area contributed by atoms with E-state index in [9.17, 15) is 9.90 Å². The van der Waals surface area contributed by atoms with Crippen molar-refractivity contribution in [1.82, 2.24) is 4.90 Å². The molecule has 0 saturated heterocycles. The van der Waals surface area contributed by atoms with Crippen LogP contribution in [0.5, 0.6) is 0 Å². The van der Waals surface area contributed by atoms with Crippen LogP contribution in [0.3, 0.4) is 0 Å². The average Bonchev–Trinajstić information content (AvgIpc) is 2.55. The van der Waals surface area contributed by atoms with Crippen LogP contribution in [-0.4, -0.2) is 29.1 Å². The quantitative estimate of drug-likeness (QED) is 0.880. The van der Waals surface area contributed by atoms with E-state index < -0.39 is 6.10 Å². The van der Waals surface area contributed by atoms with Gasteiger partial charge in [0.05, 0.1) is 12.6 Å². The number of carbonyl (C=O) groups excluding carboxylic acids is 1. The molecule has 1 atom stereocenters. The van der Waals surface area contributed by atoms with E-state index >= 15 is 0 Å². The number of hydrogen-bond donors (Lipinski definition) is 2. The van der Waals surface area contributed by atoms with Gasteiger partial charge in [0.2, 0.25) is 0 Å². The highest BCUT2D eigenvalue weighted by atomic mass is 16.3. The molecule has 4 nitrogen and oxygen atoms in total. The molecule has 0 radical (unpaired) electrons. The molecule has 0 bridgehead atoms. The van der Waals surface area contributed by atoms with Gasteiger partial charge < -0.3 is 15.3 Å². The summed E-state index contributed by atoms with van der Waals surface area (Å²) in [4.78, 5) is 14.0. The predicted molar refractivity (Wildman–Crippen MR) is 93.6 cm³/mol. The van der Waals surface area contributed by atoms with Gasteiger partial charge in [0.15, 0.2) is 0 Å². The number of urea groups is 1. The largest absolute Gasteiger partial charge is 0.387 e. The number of para-hydroxylation sites is 1. The zero-order valence-electron chi connectivity index (χ0n) is 13.9. The Bertz CT molecular complexity index is 653. The topological polar surface area (TPSA) is 52.6 Å². The minimum Gasteiger partial charge on any atom is -0.387 e. The molecule has 2 rings (SSSR count). The molecule has 0 aliphatic heterocycles. The number of carbonyl (C=O) groups is 1. The van der Waals surface area contributed by atoms with Crippen LogP contribution in [0.25, 0.3) is 0 Å². The molecule has 0 aromatic heterocycles. The van der Waals surface area contributed by atoms with E-state index in [4.69, 9.17) is 0 Å². The number of nitrogens with zero attached hydrogens (tertiary/aromatic N) is 1. The van der Waals surface area contributed by atoms with Crippen molar-refractivity contribution in [3.05, 3.63) is 65.2 Å². The van der Waals surface area contributed by atoms with Crippen molar-refractivity contribution >= 4 is 11.7 Å². The van der Waals surface area contributed by atoms with Crippen molar-refractivity contribution in [3.8, 4) is 0 Å². The molecule has 2 amide bonds. The van der Waals surface area contributed by atoms with E-state index in [2.05, 4.69) is 5.32 Å². The Labute approximate surface area is 137 Å². The van der Waals surface area contributed by atoms with Gasteiger partial charge in [0.1, 0.15) is 0 Å². The van der Waals surface area contributed by atoms with Crippen LogP contribution in [0.2, 0.25) is 0 Å². The molecule has 1 unspecified atom stereocenters. The van der Waals surface area contributed by atoms with Crippen LogP contribution >= 0.6 is 0 Å². The molecule has 0 heterocycles. The fourth-order valence-electron chi connectivity index (χ4n) is 2.37. The van der Waals surface area contributed by atoms with E-state index in [-0.39, 0.29) is 12.6 Å². The summed E-state index contributed by atoms with van der Waals surface area (Å²) in [6, 6.07) is 15.2. The standard InChI is InChI=1S/C19H24N2O2/c1-4-21(13-18(22)16-11-9-14(2)10-12-16)19(23)20-17-8-6-5-7-15(17)3/h5-12,18,22H,4,13H2,1-3H3,(H,20,23). The van der Waals surface area contributed by atoms with Crippen LogP contribution in [0.4, 0.5) is 10.5 Å². The number of anilines is 1. The van der Waals surface area contributed by atoms with Crippen molar-refractivity contribution in [1.29, 1.82) is 0 Å². The van der Waals surface area contributed by atoms with Crippen molar-refractivity contribution in [3.63, 3.8) is 0 Å². The van der Waals surface area contributed by atoms with Crippen molar-refractivity contribution in [2.75, 3.05) is 18.4 Å². The zero-order chi connectivity index (χ0) is 16.8. The first-order valence-corrected chi connectivity index (χ1v) is 7.87. The van der Waals surface area contributed by atoms with Crippen LogP contribution in [0.1, 0.15) is 29.7 Å². The summed E-state index contributed by atoms with van der Waals surface area (Å²) in [6.45, 7) is 6.65. The molecule has 0 fully saturated rings. The summed E-state index contributed by atoms with van der Waals surface area (Å²) in [5.74, 6) is 0. The lowest BCUT2D eigenvalue weighted by atomic mass is 10.1. The Morgan fingerprint density at radius 3 is 2.39 bits per heavy atom. The third-order valence-corrected chi connectivity index (χ3v) is 3.91. The normalized spacial score (nSPS) is 11.8. The van der Waals surface area contributed by atoms with Gasteiger partial charge in [0, 0.05) is 12.2 Å². The third kappa shape index (κ3) is 4.57. The van der Waals surface area contributed by atoms with Gasteiger partial charge in [-0.3, -0.25) is 0 Å². The first-order valence-electron chi connectivity index (χ1n) is 7.87. The lowest BCUT2D eigenvalue weighted by Crippen LogP contribution is -2.38. The van der Waals surface area contributed by atoms with E-state index in [1.165, 1.54) is 0 Å². The first-order chi connectivity index (χ1) is 11.0. The monoisotopic (exact) mass is 312 g/mol. The summed E-state index contributed by atoms with van der Waals surface area (Å²) in [5, 5.41) is 13.3. The summed E-state index contributed by atoms with van der Waals surface area (Å²) in [5.41, 5.74) is 3.76. The Morgan fingerprint density at radius 2 is 1.78 bits per heavy atom. The van der Waals surface area contributed by atoms with Crippen LogP contribution in [-0.2, 0) is 0 Å². The SMILES string of the molecule is CCN(CC(O)c1ccc(C)cc1)C(=O)Nc1ccccc1C. The van der Waals surface area contributed by atoms with Crippen LogP contribution in [0.15, 0.2) is 48.5 Å². The van der Waals surface area contributed by atoms with Crippen molar-refractivity contribution < 1.29 is 9.90 Å². The minimum atomic E-state index is -0.696. The van der Waals surface area contributed by atoms with Gasteiger partial charge in [-0.25, -0.2) is 4.79 Å². The van der Waals surface area contributed by atoms with Gasteiger partial charge in [-0.05, 0) is 38.0 Å². The second kappa shape index (κ2) is 7.79. The summed E-state index contributed by atoms with van der Waals surface area (Å²) in [6.07, 6.45) is -0.696. The maximum atomic E-state index is 12.4. The highest BCUT2D eigenvalue weighted by Gasteiger charge is 2.17. The number of aliphatic hydroxyl groups is 1. The molecule has 4 heteroatoms. The number of rotatable bonds is 5.